The van der Waals surface area contributed by atoms with Crippen molar-refractivity contribution in [2.75, 3.05) is 7.05 Å². The molecule has 0 unspecified atom stereocenters. The van der Waals surface area contributed by atoms with E-state index in [1.165, 1.54) is 5.56 Å². The zero-order chi connectivity index (χ0) is 11.8. The van der Waals surface area contributed by atoms with Gasteiger partial charge in [0.1, 0.15) is 5.60 Å². The molecule has 0 fully saturated rings. The van der Waals surface area contributed by atoms with Gasteiger partial charge in [-0.1, -0.05) is 12.1 Å². The average molecular weight is 237 g/mol. The molecule has 0 atom stereocenters. The summed E-state index contributed by atoms with van der Waals surface area (Å²) in [6, 6.07) is 5.88. The monoisotopic (exact) mass is 237 g/mol. The van der Waals surface area contributed by atoms with Gasteiger partial charge in [-0.05, 0) is 32.1 Å². The van der Waals surface area contributed by atoms with Crippen LogP contribution < -0.4 is 14.8 Å². The molecular formula is C12H15NO2S. The van der Waals surface area contributed by atoms with E-state index in [-0.39, 0.29) is 5.60 Å². The van der Waals surface area contributed by atoms with Crippen LogP contribution in [0.5, 0.6) is 11.5 Å². The van der Waals surface area contributed by atoms with E-state index in [0.717, 1.165) is 12.2 Å². The van der Waals surface area contributed by atoms with Crippen LogP contribution in [0.15, 0.2) is 18.2 Å². The Kier molecular flexibility index (Phi) is 2.76. The van der Waals surface area contributed by atoms with Crippen LogP contribution in [0, 0.1) is 0 Å². The van der Waals surface area contributed by atoms with Crippen molar-refractivity contribution in [1.82, 2.24) is 5.32 Å². The lowest BCUT2D eigenvalue weighted by molar-refractivity contribution is 0.135. The molecule has 1 aliphatic rings. The SMILES string of the molecule is CNC(=S)Oc1cccc2c1OC(C)(C)C2. The van der Waals surface area contributed by atoms with Crippen LogP contribution in [-0.4, -0.2) is 17.8 Å². The molecular weight excluding hydrogens is 222 g/mol. The van der Waals surface area contributed by atoms with Crippen molar-refractivity contribution in [2.45, 2.75) is 25.9 Å². The summed E-state index contributed by atoms with van der Waals surface area (Å²) in [6.45, 7) is 4.13. The highest BCUT2D eigenvalue weighted by atomic mass is 32.1. The fourth-order valence-electron chi connectivity index (χ4n) is 1.82. The molecule has 0 saturated carbocycles. The number of thiocarbonyl (C=S) groups is 1. The van der Waals surface area contributed by atoms with E-state index < -0.39 is 0 Å². The second-order valence-electron chi connectivity index (χ2n) is 4.42. The van der Waals surface area contributed by atoms with Crippen LogP contribution in [0.1, 0.15) is 19.4 Å². The molecule has 0 bridgehead atoms. The van der Waals surface area contributed by atoms with Gasteiger partial charge in [-0.3, -0.25) is 0 Å². The molecule has 1 aliphatic heterocycles. The van der Waals surface area contributed by atoms with E-state index in [1.54, 1.807) is 7.05 Å². The van der Waals surface area contributed by atoms with Crippen LogP contribution in [0.3, 0.4) is 0 Å². The predicted molar refractivity (Wildman–Crippen MR) is 67.1 cm³/mol. The number of benzene rings is 1. The van der Waals surface area contributed by atoms with Crippen LogP contribution in [0.2, 0.25) is 0 Å². The number of rotatable bonds is 1. The number of para-hydroxylation sites is 1. The summed E-state index contributed by atoms with van der Waals surface area (Å²) < 4.78 is 11.4. The van der Waals surface area contributed by atoms with Crippen molar-refractivity contribution in [1.29, 1.82) is 0 Å². The summed E-state index contributed by atoms with van der Waals surface area (Å²) in [5.74, 6) is 1.49. The quantitative estimate of drug-likeness (QED) is 0.759. The smallest absolute Gasteiger partial charge is 0.262 e. The number of fused-ring (bicyclic) bond motifs is 1. The summed E-state index contributed by atoms with van der Waals surface area (Å²) in [6.07, 6.45) is 0.895. The molecule has 4 heteroatoms. The first-order chi connectivity index (χ1) is 7.52. The Morgan fingerprint density at radius 2 is 2.25 bits per heavy atom. The molecule has 16 heavy (non-hydrogen) atoms. The van der Waals surface area contributed by atoms with E-state index in [0.29, 0.717) is 10.9 Å². The lowest BCUT2D eigenvalue weighted by Crippen LogP contribution is -2.25. The third-order valence-electron chi connectivity index (χ3n) is 2.46. The largest absolute Gasteiger partial charge is 0.483 e. The van der Waals surface area contributed by atoms with Gasteiger partial charge < -0.3 is 14.8 Å². The predicted octanol–water partition coefficient (Wildman–Crippen LogP) is 2.28. The van der Waals surface area contributed by atoms with Gasteiger partial charge in [-0.25, -0.2) is 0 Å². The highest BCUT2D eigenvalue weighted by Gasteiger charge is 2.32. The van der Waals surface area contributed by atoms with Crippen LogP contribution >= 0.6 is 12.2 Å². The first-order valence-electron chi connectivity index (χ1n) is 5.22. The molecule has 0 radical (unpaired) electrons. The van der Waals surface area contributed by atoms with Gasteiger partial charge in [0, 0.05) is 19.0 Å². The van der Waals surface area contributed by atoms with Crippen LogP contribution in [-0.2, 0) is 6.42 Å². The van der Waals surface area contributed by atoms with E-state index in [2.05, 4.69) is 25.2 Å². The number of nitrogens with one attached hydrogen (secondary N) is 1. The molecule has 1 N–H and O–H groups in total. The Labute approximate surface area is 101 Å². The van der Waals surface area contributed by atoms with Gasteiger partial charge in [-0.2, -0.15) is 0 Å². The van der Waals surface area contributed by atoms with Gasteiger partial charge >= 0.3 is 0 Å². The Balaban J connectivity index is 2.30. The van der Waals surface area contributed by atoms with Gasteiger partial charge in [0.15, 0.2) is 11.5 Å². The highest BCUT2D eigenvalue weighted by molar-refractivity contribution is 7.80. The molecule has 0 spiro atoms. The van der Waals surface area contributed by atoms with Crippen molar-refractivity contribution >= 4 is 17.4 Å². The minimum Gasteiger partial charge on any atom is -0.483 e. The maximum absolute atomic E-state index is 5.86. The fraction of sp³-hybridized carbons (Fsp3) is 0.417. The first-order valence-corrected chi connectivity index (χ1v) is 5.63. The molecule has 0 aromatic heterocycles. The molecule has 0 aliphatic carbocycles. The lowest BCUT2D eigenvalue weighted by Gasteiger charge is -2.18. The molecule has 86 valence electrons. The summed E-state index contributed by atoms with van der Waals surface area (Å²) in [5, 5.41) is 3.13. The van der Waals surface area contributed by atoms with Crippen molar-refractivity contribution in [3.63, 3.8) is 0 Å². The highest BCUT2D eigenvalue weighted by Crippen LogP contribution is 2.41. The standard InChI is InChI=1S/C12H15NO2S/c1-12(2)7-8-5-4-6-9(10(8)15-12)14-11(16)13-3/h4-6H,7H2,1-3H3,(H,13,16). The fourth-order valence-corrected chi connectivity index (χ4v) is 1.91. The topological polar surface area (TPSA) is 30.5 Å². The minimum atomic E-state index is -0.164. The molecule has 0 amide bonds. The van der Waals surface area contributed by atoms with E-state index in [1.807, 2.05) is 12.1 Å². The average Bonchev–Trinajstić information content (AvgIpc) is 2.53. The second-order valence-corrected chi connectivity index (χ2v) is 4.79. The van der Waals surface area contributed by atoms with Crippen LogP contribution in [0.4, 0.5) is 0 Å². The lowest BCUT2D eigenvalue weighted by atomic mass is 10.0. The minimum absolute atomic E-state index is 0.164. The zero-order valence-corrected chi connectivity index (χ0v) is 10.5. The normalized spacial score (nSPS) is 16.2. The molecule has 3 nitrogen and oxygen atoms in total. The number of hydrogen-bond donors (Lipinski definition) is 1. The summed E-state index contributed by atoms with van der Waals surface area (Å²) in [5.41, 5.74) is 1.00. The Morgan fingerprint density at radius 3 is 2.94 bits per heavy atom. The Bertz CT molecular complexity index is 429. The van der Waals surface area contributed by atoms with E-state index >= 15 is 0 Å². The number of hydrogen-bond acceptors (Lipinski definition) is 3. The Hall–Kier alpha value is -1.29. The second kappa shape index (κ2) is 3.94. The first kappa shape index (κ1) is 11.2. The van der Waals surface area contributed by atoms with Gasteiger partial charge in [0.05, 0.1) is 0 Å². The van der Waals surface area contributed by atoms with Crippen molar-refractivity contribution in [3.05, 3.63) is 23.8 Å². The van der Waals surface area contributed by atoms with Crippen LogP contribution in [0.25, 0.3) is 0 Å². The summed E-state index contributed by atoms with van der Waals surface area (Å²) >= 11 is 4.98. The maximum Gasteiger partial charge on any atom is 0.262 e. The summed E-state index contributed by atoms with van der Waals surface area (Å²) in [7, 11) is 1.73. The molecule has 1 heterocycles. The van der Waals surface area contributed by atoms with Crippen molar-refractivity contribution in [2.24, 2.45) is 0 Å². The summed E-state index contributed by atoms with van der Waals surface area (Å²) in [4.78, 5) is 0. The Morgan fingerprint density at radius 1 is 1.50 bits per heavy atom. The van der Waals surface area contributed by atoms with E-state index in [4.69, 9.17) is 21.7 Å². The molecule has 0 saturated heterocycles. The molecule has 1 aromatic rings. The van der Waals surface area contributed by atoms with Gasteiger partial charge in [0.25, 0.3) is 5.17 Å². The maximum atomic E-state index is 5.86. The number of ether oxygens (including phenoxy) is 2. The third kappa shape index (κ3) is 2.11. The third-order valence-corrected chi connectivity index (χ3v) is 2.75. The van der Waals surface area contributed by atoms with Gasteiger partial charge in [-0.15, -0.1) is 0 Å². The van der Waals surface area contributed by atoms with Gasteiger partial charge in [0.2, 0.25) is 0 Å². The van der Waals surface area contributed by atoms with Crippen molar-refractivity contribution in [3.8, 4) is 11.5 Å². The van der Waals surface area contributed by atoms with Crippen molar-refractivity contribution < 1.29 is 9.47 Å². The van der Waals surface area contributed by atoms with E-state index in [9.17, 15) is 0 Å². The molecule has 1 aromatic carbocycles. The molecule has 2 rings (SSSR count). The zero-order valence-electron chi connectivity index (χ0n) is 9.66.